The van der Waals surface area contributed by atoms with Gasteiger partial charge in [-0.05, 0) is 86.8 Å². The summed E-state index contributed by atoms with van der Waals surface area (Å²) in [7, 11) is 0. The van der Waals surface area contributed by atoms with Crippen LogP contribution in [0.3, 0.4) is 0 Å². The molecule has 280 valence electrons. The van der Waals surface area contributed by atoms with Gasteiger partial charge < -0.3 is 9.47 Å². The van der Waals surface area contributed by atoms with E-state index in [0.717, 1.165) is 39.2 Å². The highest BCUT2D eigenvalue weighted by Gasteiger charge is 2.38. The summed E-state index contributed by atoms with van der Waals surface area (Å²) in [5, 5.41) is 10.00. The Morgan fingerprint density at radius 1 is 0.417 bits per heavy atom. The maximum Gasteiger partial charge on any atom is 0.0973 e. The highest BCUT2D eigenvalue weighted by Crippen LogP contribution is 2.49. The fourth-order valence-electron chi connectivity index (χ4n) is 10.1. The van der Waals surface area contributed by atoms with Gasteiger partial charge >= 0.3 is 0 Å². The van der Waals surface area contributed by atoms with Crippen molar-refractivity contribution in [1.29, 1.82) is 0 Å². The Bertz CT molecular complexity index is 3690. The van der Waals surface area contributed by atoms with E-state index >= 15 is 0 Å². The van der Waals surface area contributed by atoms with Gasteiger partial charge in [-0.3, -0.25) is 0 Å². The van der Waals surface area contributed by atoms with E-state index in [1.807, 2.05) is 18.2 Å². The molecule has 2 aliphatic rings. The Kier molecular flexibility index (Phi) is 7.10. The van der Waals surface area contributed by atoms with Crippen LogP contribution in [0.4, 0.5) is 11.4 Å². The first kappa shape index (κ1) is 33.2. The molecule has 0 amide bonds. The Hall–Kier alpha value is -7.82. The number of aromatic nitrogens is 3. The van der Waals surface area contributed by atoms with Crippen LogP contribution in [0.25, 0.3) is 94.7 Å². The number of hydrogen-bond donors (Lipinski definition) is 0. The molecule has 0 fully saturated rings. The maximum atomic E-state index is 5.26. The third kappa shape index (κ3) is 4.98. The van der Waals surface area contributed by atoms with Gasteiger partial charge in [0.15, 0.2) is 0 Å². The second-order valence-corrected chi connectivity index (χ2v) is 16.1. The quantitative estimate of drug-likeness (QED) is 0.179. The van der Waals surface area contributed by atoms with E-state index in [9.17, 15) is 0 Å². The minimum absolute atomic E-state index is 0.114. The molecule has 0 radical (unpaired) electrons. The molecule has 0 N–H and O–H groups in total. The molecule has 0 bridgehead atoms. The summed E-state index contributed by atoms with van der Waals surface area (Å²) in [6, 6.07) is 70.4. The van der Waals surface area contributed by atoms with Crippen LogP contribution in [0.2, 0.25) is 0 Å². The Morgan fingerprint density at radius 3 is 1.85 bits per heavy atom. The van der Waals surface area contributed by atoms with Crippen molar-refractivity contribution < 1.29 is 0 Å². The molecular weight excluding hydrogens is 729 g/mol. The van der Waals surface area contributed by atoms with Gasteiger partial charge in [0.2, 0.25) is 0 Å². The van der Waals surface area contributed by atoms with Crippen molar-refractivity contribution in [2.24, 2.45) is 0 Å². The third-order valence-electron chi connectivity index (χ3n) is 12.8. The lowest BCUT2D eigenvalue weighted by atomic mass is 9.89. The smallest absolute Gasteiger partial charge is 0.0973 e. The first-order valence-corrected chi connectivity index (χ1v) is 20.7. The number of anilines is 2. The fraction of sp³-hybridized carbons (Fsp3) is 0.0357. The fourth-order valence-corrected chi connectivity index (χ4v) is 10.1. The molecule has 1 aliphatic carbocycles. The zero-order valence-electron chi connectivity index (χ0n) is 32.6. The van der Waals surface area contributed by atoms with Crippen molar-refractivity contribution in [2.45, 2.75) is 12.0 Å². The van der Waals surface area contributed by atoms with Crippen molar-refractivity contribution in [2.75, 3.05) is 4.90 Å². The lowest BCUT2D eigenvalue weighted by Gasteiger charge is -2.29. The zero-order chi connectivity index (χ0) is 39.3. The Morgan fingerprint density at radius 2 is 1.03 bits per heavy atom. The number of fused-ring (bicyclic) bond motifs is 11. The van der Waals surface area contributed by atoms with Crippen LogP contribution in [-0.4, -0.2) is 20.6 Å². The molecule has 3 heterocycles. The Balaban J connectivity index is 0.974. The van der Waals surface area contributed by atoms with Gasteiger partial charge in [-0.15, -0.1) is 0 Å². The van der Waals surface area contributed by atoms with E-state index in [4.69, 9.17) is 9.97 Å². The minimum Gasteiger partial charge on any atom is -0.333 e. The summed E-state index contributed by atoms with van der Waals surface area (Å²) in [6.07, 6.45) is 4.95. The summed E-state index contributed by atoms with van der Waals surface area (Å²) < 4.78 is 2.48. The van der Waals surface area contributed by atoms with E-state index in [0.29, 0.717) is 0 Å². The molecule has 4 heteroatoms. The highest BCUT2D eigenvalue weighted by atomic mass is 15.2. The van der Waals surface area contributed by atoms with E-state index < -0.39 is 0 Å². The van der Waals surface area contributed by atoms with Gasteiger partial charge in [0.25, 0.3) is 0 Å². The average Bonchev–Trinajstić information content (AvgIpc) is 3.82. The number of benzene rings is 9. The van der Waals surface area contributed by atoms with E-state index in [2.05, 4.69) is 198 Å². The molecule has 2 unspecified atom stereocenters. The summed E-state index contributed by atoms with van der Waals surface area (Å²) in [4.78, 5) is 13.0. The topological polar surface area (TPSA) is 34.0 Å². The molecule has 2 atom stereocenters. The van der Waals surface area contributed by atoms with Gasteiger partial charge in [-0.2, -0.15) is 0 Å². The first-order valence-electron chi connectivity index (χ1n) is 20.7. The minimum atomic E-state index is 0.114. The van der Waals surface area contributed by atoms with E-state index in [-0.39, 0.29) is 12.0 Å². The van der Waals surface area contributed by atoms with Crippen LogP contribution in [0.5, 0.6) is 0 Å². The van der Waals surface area contributed by atoms with E-state index in [1.165, 1.54) is 70.7 Å². The molecule has 2 aromatic heterocycles. The van der Waals surface area contributed by atoms with Crippen LogP contribution >= 0.6 is 0 Å². The molecule has 1 aliphatic heterocycles. The molecule has 60 heavy (non-hydrogen) atoms. The highest BCUT2D eigenvalue weighted by molar-refractivity contribution is 6.18. The SMILES string of the molecule is C1=c2ccccc2=CC2C1c1cc(-n3c4ccccc4c4ccc5ccccc5c43)ccc1N2c1ccc(-c2nc3ccccc3nc2-c2ccc3ccccc3c2)cc1. The monoisotopic (exact) mass is 764 g/mol. The molecular formula is C56H36N4. The number of hydrogen-bond acceptors (Lipinski definition) is 3. The lowest BCUT2D eigenvalue weighted by molar-refractivity contribution is 0.802. The number of rotatable bonds is 4. The summed E-state index contributed by atoms with van der Waals surface area (Å²) in [5.74, 6) is 0.172. The number of para-hydroxylation sites is 3. The molecule has 4 nitrogen and oxygen atoms in total. The largest absolute Gasteiger partial charge is 0.333 e. The molecule has 13 rings (SSSR count). The summed E-state index contributed by atoms with van der Waals surface area (Å²) in [6.45, 7) is 0. The van der Waals surface area contributed by atoms with Crippen molar-refractivity contribution in [3.63, 3.8) is 0 Å². The second kappa shape index (κ2) is 12.8. The second-order valence-electron chi connectivity index (χ2n) is 16.1. The van der Waals surface area contributed by atoms with Crippen LogP contribution in [0.15, 0.2) is 194 Å². The molecule has 11 aromatic rings. The van der Waals surface area contributed by atoms with Gasteiger partial charge in [-0.25, -0.2) is 9.97 Å². The van der Waals surface area contributed by atoms with Crippen molar-refractivity contribution in [3.8, 4) is 28.2 Å². The normalized spacial score (nSPS) is 15.6. The van der Waals surface area contributed by atoms with E-state index in [1.54, 1.807) is 0 Å². The molecule has 0 saturated heterocycles. The van der Waals surface area contributed by atoms with Crippen molar-refractivity contribution in [3.05, 3.63) is 210 Å². The van der Waals surface area contributed by atoms with Crippen LogP contribution in [0.1, 0.15) is 11.5 Å². The first-order chi connectivity index (χ1) is 29.7. The van der Waals surface area contributed by atoms with Gasteiger partial charge in [0.05, 0.1) is 39.5 Å². The van der Waals surface area contributed by atoms with Gasteiger partial charge in [0.1, 0.15) is 0 Å². The maximum absolute atomic E-state index is 5.26. The third-order valence-corrected chi connectivity index (χ3v) is 12.8. The van der Waals surface area contributed by atoms with Crippen LogP contribution in [0, 0.1) is 0 Å². The average molecular weight is 765 g/mol. The standard InChI is InChI=1S/C56H36N4/c1-2-13-38-31-41(22-21-35(38)11-1)55-54(57-49-18-8-9-19-50(49)58-55)37-23-26-42(27-24-37)59-52-30-28-43(34-48(52)47-32-39-14-3-4-15-40(39)33-53(47)59)60-51-20-10-7-17-45(51)46-29-25-36-12-5-6-16-44(36)56(46)60/h1-34,47,53H. The molecule has 0 spiro atoms. The van der Waals surface area contributed by atoms with Crippen LogP contribution in [-0.2, 0) is 0 Å². The van der Waals surface area contributed by atoms with Crippen LogP contribution < -0.4 is 15.3 Å². The predicted molar refractivity (Wildman–Crippen MR) is 249 cm³/mol. The summed E-state index contributed by atoms with van der Waals surface area (Å²) >= 11 is 0. The predicted octanol–water partition coefficient (Wildman–Crippen LogP) is 12.2. The van der Waals surface area contributed by atoms with Gasteiger partial charge in [0, 0.05) is 50.3 Å². The van der Waals surface area contributed by atoms with Crippen molar-refractivity contribution >= 4 is 77.9 Å². The molecule has 9 aromatic carbocycles. The lowest BCUT2D eigenvalue weighted by Crippen LogP contribution is -2.38. The molecule has 0 saturated carbocycles. The Labute approximate surface area is 346 Å². The van der Waals surface area contributed by atoms with Gasteiger partial charge in [-0.1, -0.05) is 152 Å². The van der Waals surface area contributed by atoms with Crippen molar-refractivity contribution in [1.82, 2.24) is 14.5 Å². The zero-order valence-corrected chi connectivity index (χ0v) is 32.6. The number of nitrogens with zero attached hydrogens (tertiary/aromatic N) is 4. The summed E-state index contributed by atoms with van der Waals surface area (Å²) in [5.41, 5.74) is 13.0.